The molecule has 1 unspecified atom stereocenters. The van der Waals surface area contributed by atoms with Crippen molar-refractivity contribution in [2.75, 3.05) is 6.26 Å². The molecule has 0 saturated carbocycles. The van der Waals surface area contributed by atoms with E-state index in [1.54, 1.807) is 23.1 Å². The minimum atomic E-state index is 0.373. The van der Waals surface area contributed by atoms with E-state index >= 15 is 0 Å². The van der Waals surface area contributed by atoms with Crippen molar-refractivity contribution in [1.29, 1.82) is 5.26 Å². The van der Waals surface area contributed by atoms with Crippen molar-refractivity contribution < 1.29 is 0 Å². The van der Waals surface area contributed by atoms with Crippen molar-refractivity contribution in [2.45, 2.75) is 23.5 Å². The molecule has 2 aromatic rings. The van der Waals surface area contributed by atoms with E-state index in [2.05, 4.69) is 24.2 Å². The lowest BCUT2D eigenvalue weighted by molar-refractivity contribution is 0.677. The normalized spacial score (nSPS) is 12.3. The monoisotopic (exact) mass is 277 g/mol. The maximum Gasteiger partial charge on any atom is 0.120 e. The summed E-state index contributed by atoms with van der Waals surface area (Å²) in [5.41, 5.74) is 1.90. The highest BCUT2D eigenvalue weighted by atomic mass is 32.2. The van der Waals surface area contributed by atoms with Crippen LogP contribution in [0.1, 0.15) is 29.2 Å². The van der Waals surface area contributed by atoms with Crippen LogP contribution in [0.15, 0.2) is 22.5 Å². The average Bonchev–Trinajstić information content (AvgIpc) is 2.95. The molecule has 3 nitrogen and oxygen atoms in total. The van der Waals surface area contributed by atoms with Crippen LogP contribution in [-0.2, 0) is 13.5 Å². The Morgan fingerprint density at radius 2 is 2.33 bits per heavy atom. The maximum atomic E-state index is 8.95. The van der Waals surface area contributed by atoms with E-state index in [-0.39, 0.29) is 0 Å². The van der Waals surface area contributed by atoms with E-state index in [0.29, 0.717) is 11.6 Å². The van der Waals surface area contributed by atoms with Gasteiger partial charge in [-0.3, -0.25) is 0 Å². The van der Waals surface area contributed by atoms with Crippen LogP contribution in [0, 0.1) is 11.3 Å². The van der Waals surface area contributed by atoms with Crippen molar-refractivity contribution in [2.24, 2.45) is 7.05 Å². The van der Waals surface area contributed by atoms with E-state index in [0.717, 1.165) is 11.4 Å². The van der Waals surface area contributed by atoms with Crippen molar-refractivity contribution in [3.05, 3.63) is 34.7 Å². The fraction of sp³-hybridized carbons (Fsp3) is 0.385. The zero-order valence-corrected chi connectivity index (χ0v) is 12.3. The van der Waals surface area contributed by atoms with Crippen molar-refractivity contribution >= 4 is 23.1 Å². The number of thioether (sulfide) groups is 1. The van der Waals surface area contributed by atoms with Crippen LogP contribution in [0.4, 0.5) is 0 Å². The van der Waals surface area contributed by atoms with E-state index < -0.39 is 0 Å². The highest BCUT2D eigenvalue weighted by Gasteiger charge is 2.14. The lowest BCUT2D eigenvalue weighted by Crippen LogP contribution is -2.05. The van der Waals surface area contributed by atoms with Crippen molar-refractivity contribution in [1.82, 2.24) is 9.55 Å². The molecule has 0 aliphatic rings. The number of rotatable bonds is 4. The molecule has 2 heterocycles. The fourth-order valence-electron chi connectivity index (χ4n) is 1.98. The molecule has 2 rings (SSSR count). The molecule has 94 valence electrons. The van der Waals surface area contributed by atoms with Crippen LogP contribution >= 0.6 is 23.1 Å². The first kappa shape index (κ1) is 13.2. The first-order chi connectivity index (χ1) is 8.65. The Balaban J connectivity index is 2.14. The van der Waals surface area contributed by atoms with E-state index in [4.69, 9.17) is 5.26 Å². The molecule has 0 saturated heterocycles. The molecule has 0 aliphatic carbocycles. The predicted molar refractivity (Wildman–Crippen MR) is 76.1 cm³/mol. The number of hydrogen-bond acceptors (Lipinski definition) is 4. The Bertz CT molecular complexity index is 577. The lowest BCUT2D eigenvalue weighted by Gasteiger charge is -2.11. The first-order valence-electron chi connectivity index (χ1n) is 5.70. The van der Waals surface area contributed by atoms with Gasteiger partial charge in [0.15, 0.2) is 0 Å². The summed E-state index contributed by atoms with van der Waals surface area (Å²) in [6, 6.07) is 6.10. The molecular weight excluding hydrogens is 262 g/mol. The van der Waals surface area contributed by atoms with E-state index in [1.807, 2.05) is 29.9 Å². The minimum absolute atomic E-state index is 0.373. The molecule has 0 amide bonds. The molecule has 0 aromatic carbocycles. The highest BCUT2D eigenvalue weighted by molar-refractivity contribution is 8.00. The number of nitrogens with zero attached hydrogens (tertiary/aromatic N) is 3. The molecule has 0 radical (unpaired) electrons. The Morgan fingerprint density at radius 1 is 1.56 bits per heavy atom. The number of thiazole rings is 1. The van der Waals surface area contributed by atoms with Gasteiger partial charge < -0.3 is 4.57 Å². The average molecular weight is 277 g/mol. The predicted octanol–water partition coefficient (Wildman–Crippen LogP) is 3.42. The molecule has 2 aromatic heterocycles. The smallest absolute Gasteiger partial charge is 0.120 e. The first-order valence-corrected chi connectivity index (χ1v) is 7.74. The summed E-state index contributed by atoms with van der Waals surface area (Å²) in [7, 11) is 1.94. The largest absolute Gasteiger partial charge is 0.339 e. The van der Waals surface area contributed by atoms with Crippen LogP contribution in [0.2, 0.25) is 0 Å². The molecular formula is C13H15N3S2. The molecule has 0 spiro atoms. The second-order valence-electron chi connectivity index (χ2n) is 4.20. The summed E-state index contributed by atoms with van der Waals surface area (Å²) in [5.74, 6) is 0.373. The van der Waals surface area contributed by atoms with Gasteiger partial charge in [0.05, 0.1) is 15.4 Å². The van der Waals surface area contributed by atoms with Crippen LogP contribution in [0.25, 0.3) is 0 Å². The third-order valence-electron chi connectivity index (χ3n) is 2.99. The molecule has 0 bridgehead atoms. The summed E-state index contributed by atoms with van der Waals surface area (Å²) in [6.45, 7) is 2.18. The molecule has 18 heavy (non-hydrogen) atoms. The van der Waals surface area contributed by atoms with Gasteiger partial charge in [-0.25, -0.2) is 4.98 Å². The summed E-state index contributed by atoms with van der Waals surface area (Å²) >= 11 is 3.48. The molecule has 5 heteroatoms. The third-order valence-corrected chi connectivity index (χ3v) is 5.07. The standard InChI is InChI=1S/C13H15N3S2/c1-9(6-12-15-8-13(17-3)18-12)11-5-4-10(7-14)16(11)2/h4-5,8-9H,6H2,1-3H3. The fourth-order valence-corrected chi connectivity index (χ4v) is 3.54. The summed E-state index contributed by atoms with van der Waals surface area (Å²) < 4.78 is 3.22. The summed E-state index contributed by atoms with van der Waals surface area (Å²) in [4.78, 5) is 4.43. The number of aromatic nitrogens is 2. The second-order valence-corrected chi connectivity index (χ2v) is 6.42. The van der Waals surface area contributed by atoms with Crippen molar-refractivity contribution in [3.63, 3.8) is 0 Å². The lowest BCUT2D eigenvalue weighted by atomic mass is 10.0. The Hall–Kier alpha value is -1.25. The highest BCUT2D eigenvalue weighted by Crippen LogP contribution is 2.27. The SMILES string of the molecule is CSc1cnc(CC(C)c2ccc(C#N)n2C)s1. The Kier molecular flexibility index (Phi) is 4.10. The van der Waals surface area contributed by atoms with Gasteiger partial charge in [0.1, 0.15) is 11.8 Å². The van der Waals surface area contributed by atoms with Gasteiger partial charge in [0.25, 0.3) is 0 Å². The Labute approximate surface area is 115 Å². The van der Waals surface area contributed by atoms with E-state index in [1.165, 1.54) is 9.90 Å². The van der Waals surface area contributed by atoms with Gasteiger partial charge in [-0.05, 0) is 18.4 Å². The van der Waals surface area contributed by atoms with Gasteiger partial charge in [-0.2, -0.15) is 5.26 Å². The van der Waals surface area contributed by atoms with Crippen LogP contribution in [0.3, 0.4) is 0 Å². The number of hydrogen-bond donors (Lipinski definition) is 0. The van der Waals surface area contributed by atoms with Gasteiger partial charge in [0, 0.05) is 25.1 Å². The van der Waals surface area contributed by atoms with Crippen LogP contribution < -0.4 is 0 Å². The molecule has 0 fully saturated rings. The van der Waals surface area contributed by atoms with Crippen molar-refractivity contribution in [3.8, 4) is 6.07 Å². The van der Waals surface area contributed by atoms with Gasteiger partial charge >= 0.3 is 0 Å². The quantitative estimate of drug-likeness (QED) is 0.804. The zero-order valence-electron chi connectivity index (χ0n) is 10.7. The summed E-state index contributed by atoms with van der Waals surface area (Å²) in [6.07, 6.45) is 4.92. The maximum absolute atomic E-state index is 8.95. The molecule has 0 aliphatic heterocycles. The van der Waals surface area contributed by atoms with Gasteiger partial charge in [-0.1, -0.05) is 6.92 Å². The Morgan fingerprint density at radius 3 is 2.89 bits per heavy atom. The zero-order chi connectivity index (χ0) is 13.1. The number of nitriles is 1. The molecule has 1 atom stereocenters. The summed E-state index contributed by atoms with van der Waals surface area (Å²) in [5, 5.41) is 10.1. The minimum Gasteiger partial charge on any atom is -0.339 e. The van der Waals surface area contributed by atoms with Crippen LogP contribution in [-0.4, -0.2) is 15.8 Å². The third kappa shape index (κ3) is 2.60. The second kappa shape index (κ2) is 5.59. The van der Waals surface area contributed by atoms with Gasteiger partial charge in [0.2, 0.25) is 0 Å². The van der Waals surface area contributed by atoms with E-state index in [9.17, 15) is 0 Å². The molecule has 0 N–H and O–H groups in total. The van der Waals surface area contributed by atoms with Gasteiger partial charge in [-0.15, -0.1) is 23.1 Å². The van der Waals surface area contributed by atoms with Crippen LogP contribution in [0.5, 0.6) is 0 Å². The topological polar surface area (TPSA) is 41.6 Å².